The van der Waals surface area contributed by atoms with Crippen LogP contribution >= 0.6 is 12.2 Å². The Morgan fingerprint density at radius 1 is 1.47 bits per heavy atom. The fraction of sp³-hybridized carbons (Fsp3) is 0.571. The van der Waals surface area contributed by atoms with E-state index < -0.39 is 0 Å². The Kier molecular flexibility index (Phi) is 4.37. The highest BCUT2D eigenvalue weighted by molar-refractivity contribution is 7.80. The molecule has 0 aliphatic carbocycles. The van der Waals surface area contributed by atoms with E-state index in [4.69, 9.17) is 18.0 Å². The highest BCUT2D eigenvalue weighted by Crippen LogP contribution is 2.20. The summed E-state index contributed by atoms with van der Waals surface area (Å²) in [6.45, 7) is 7.30. The van der Waals surface area contributed by atoms with Crippen LogP contribution in [0.2, 0.25) is 0 Å². The number of hydrogen-bond acceptors (Lipinski definition) is 4. The molecule has 1 fully saturated rings. The first-order valence-electron chi connectivity index (χ1n) is 6.75. The number of thiocarbonyl (C=S) groups is 1. The Morgan fingerprint density at radius 3 is 2.84 bits per heavy atom. The van der Waals surface area contributed by atoms with Gasteiger partial charge in [0.25, 0.3) is 0 Å². The van der Waals surface area contributed by atoms with Crippen molar-refractivity contribution in [2.45, 2.75) is 26.3 Å². The van der Waals surface area contributed by atoms with E-state index in [1.54, 1.807) is 0 Å². The quantitative estimate of drug-likeness (QED) is 0.850. The molecule has 2 rings (SSSR count). The van der Waals surface area contributed by atoms with Crippen molar-refractivity contribution in [2.75, 3.05) is 31.6 Å². The Bertz CT molecular complexity index is 475. The van der Waals surface area contributed by atoms with Crippen molar-refractivity contribution in [3.05, 3.63) is 23.4 Å². The molecule has 0 bridgehead atoms. The number of nitrogens with zero attached hydrogens (tertiary/aromatic N) is 3. The van der Waals surface area contributed by atoms with Gasteiger partial charge in [0, 0.05) is 36.9 Å². The number of aryl methyl sites for hydroxylation is 1. The maximum atomic E-state index is 5.73. The lowest BCUT2D eigenvalue weighted by molar-refractivity contribution is 0.213. The number of piperazine rings is 1. The molecule has 1 unspecified atom stereocenters. The fourth-order valence-electron chi connectivity index (χ4n) is 2.55. The molecule has 0 spiro atoms. The zero-order valence-corrected chi connectivity index (χ0v) is 12.7. The van der Waals surface area contributed by atoms with Crippen LogP contribution in [0, 0.1) is 6.92 Å². The number of hydrogen-bond donors (Lipinski definition) is 1. The fourth-order valence-corrected chi connectivity index (χ4v) is 2.67. The highest BCUT2D eigenvalue weighted by Gasteiger charge is 2.24. The Morgan fingerprint density at radius 2 is 2.21 bits per heavy atom. The van der Waals surface area contributed by atoms with Gasteiger partial charge in [0.2, 0.25) is 0 Å². The summed E-state index contributed by atoms with van der Waals surface area (Å²) in [5.74, 6) is 0.995. The minimum Gasteiger partial charge on any atom is -0.389 e. The summed E-state index contributed by atoms with van der Waals surface area (Å²) in [5, 5.41) is 0. The number of rotatable bonds is 3. The highest BCUT2D eigenvalue weighted by atomic mass is 32.1. The molecular formula is C14H22N4S. The molecule has 2 N–H and O–H groups in total. The third-order valence-corrected chi connectivity index (χ3v) is 4.03. The van der Waals surface area contributed by atoms with E-state index in [0.29, 0.717) is 11.0 Å². The number of nitrogens with two attached hydrogens (primary N) is 1. The third-order valence-electron chi connectivity index (χ3n) is 3.80. The second-order valence-corrected chi connectivity index (χ2v) is 5.65. The molecule has 5 heteroatoms. The lowest BCUT2D eigenvalue weighted by atomic mass is 10.1. The lowest BCUT2D eigenvalue weighted by Gasteiger charge is -2.39. The van der Waals surface area contributed by atoms with E-state index in [1.165, 1.54) is 0 Å². The summed E-state index contributed by atoms with van der Waals surface area (Å²) in [4.78, 5) is 9.82. The van der Waals surface area contributed by atoms with E-state index in [9.17, 15) is 0 Å². The van der Waals surface area contributed by atoms with Crippen molar-refractivity contribution < 1.29 is 0 Å². The molecule has 19 heavy (non-hydrogen) atoms. The molecule has 1 atom stereocenters. The van der Waals surface area contributed by atoms with Gasteiger partial charge in [-0.3, -0.25) is 4.90 Å². The molecule has 0 radical (unpaired) electrons. The molecule has 104 valence electrons. The SMILES string of the molecule is CCC1CN(c2cc(C(N)=S)cc(C)n2)CCN1C. The predicted molar refractivity (Wildman–Crippen MR) is 83.8 cm³/mol. The summed E-state index contributed by atoms with van der Waals surface area (Å²) in [6.07, 6.45) is 1.15. The van der Waals surface area contributed by atoms with Gasteiger partial charge in [-0.25, -0.2) is 4.98 Å². The molecule has 0 amide bonds. The minimum absolute atomic E-state index is 0.438. The minimum atomic E-state index is 0.438. The van der Waals surface area contributed by atoms with Gasteiger partial charge in [-0.15, -0.1) is 0 Å². The normalized spacial score (nSPS) is 20.6. The van der Waals surface area contributed by atoms with Crippen LogP contribution in [-0.2, 0) is 0 Å². The topological polar surface area (TPSA) is 45.4 Å². The zero-order valence-electron chi connectivity index (χ0n) is 11.9. The average Bonchev–Trinajstić information content (AvgIpc) is 2.38. The summed E-state index contributed by atoms with van der Waals surface area (Å²) in [7, 11) is 2.19. The first kappa shape index (κ1) is 14.2. The van der Waals surface area contributed by atoms with Gasteiger partial charge >= 0.3 is 0 Å². The number of likely N-dealkylation sites (N-methyl/N-ethyl adjacent to an activating group) is 1. The standard InChI is InChI=1S/C14H22N4S/c1-4-12-9-18(6-5-17(12)3)13-8-11(14(15)19)7-10(2)16-13/h7-8,12H,4-6,9H2,1-3H3,(H2,15,19). The summed E-state index contributed by atoms with van der Waals surface area (Å²) in [5.41, 5.74) is 7.61. The van der Waals surface area contributed by atoms with Gasteiger partial charge in [-0.05, 0) is 32.5 Å². The van der Waals surface area contributed by atoms with E-state index >= 15 is 0 Å². The summed E-state index contributed by atoms with van der Waals surface area (Å²) in [6, 6.07) is 4.54. The summed E-state index contributed by atoms with van der Waals surface area (Å²) >= 11 is 5.07. The van der Waals surface area contributed by atoms with E-state index in [1.807, 2.05) is 19.1 Å². The van der Waals surface area contributed by atoms with Gasteiger partial charge in [-0.1, -0.05) is 19.1 Å². The van der Waals surface area contributed by atoms with Crippen molar-refractivity contribution in [2.24, 2.45) is 5.73 Å². The molecule has 0 aromatic carbocycles. The number of anilines is 1. The van der Waals surface area contributed by atoms with Crippen LogP contribution in [0.25, 0.3) is 0 Å². The Balaban J connectivity index is 2.24. The van der Waals surface area contributed by atoms with Crippen molar-refractivity contribution >= 4 is 23.0 Å². The number of pyridine rings is 1. The molecule has 0 saturated carbocycles. The predicted octanol–water partition coefficient (Wildman–Crippen LogP) is 1.55. The van der Waals surface area contributed by atoms with Crippen LogP contribution in [0.1, 0.15) is 24.6 Å². The third kappa shape index (κ3) is 3.22. The molecule has 1 aliphatic rings. The van der Waals surface area contributed by atoms with Crippen molar-refractivity contribution in [3.8, 4) is 0 Å². The van der Waals surface area contributed by atoms with E-state index in [-0.39, 0.29) is 0 Å². The van der Waals surface area contributed by atoms with Gasteiger partial charge in [0.05, 0.1) is 0 Å². The van der Waals surface area contributed by atoms with E-state index in [0.717, 1.165) is 43.1 Å². The van der Waals surface area contributed by atoms with Crippen LogP contribution in [0.3, 0.4) is 0 Å². The molecular weight excluding hydrogens is 256 g/mol. The van der Waals surface area contributed by atoms with Crippen LogP contribution in [-0.4, -0.2) is 47.6 Å². The Labute approximate surface area is 120 Å². The molecule has 1 aliphatic heterocycles. The lowest BCUT2D eigenvalue weighted by Crippen LogP contribution is -2.51. The largest absolute Gasteiger partial charge is 0.389 e. The maximum absolute atomic E-state index is 5.73. The molecule has 1 aromatic heterocycles. The Hall–Kier alpha value is -1.20. The van der Waals surface area contributed by atoms with Crippen LogP contribution in [0.15, 0.2) is 12.1 Å². The van der Waals surface area contributed by atoms with Gasteiger partial charge < -0.3 is 10.6 Å². The summed E-state index contributed by atoms with van der Waals surface area (Å²) < 4.78 is 0. The molecule has 2 heterocycles. The molecule has 4 nitrogen and oxygen atoms in total. The van der Waals surface area contributed by atoms with Crippen LogP contribution in [0.5, 0.6) is 0 Å². The van der Waals surface area contributed by atoms with Crippen molar-refractivity contribution in [1.29, 1.82) is 0 Å². The van der Waals surface area contributed by atoms with Crippen molar-refractivity contribution in [1.82, 2.24) is 9.88 Å². The van der Waals surface area contributed by atoms with Gasteiger partial charge in [0.15, 0.2) is 0 Å². The smallest absolute Gasteiger partial charge is 0.129 e. The average molecular weight is 278 g/mol. The zero-order chi connectivity index (χ0) is 14.0. The van der Waals surface area contributed by atoms with Gasteiger partial charge in [0.1, 0.15) is 10.8 Å². The first-order valence-corrected chi connectivity index (χ1v) is 7.15. The second kappa shape index (κ2) is 5.84. The maximum Gasteiger partial charge on any atom is 0.129 e. The second-order valence-electron chi connectivity index (χ2n) is 5.21. The van der Waals surface area contributed by atoms with Crippen LogP contribution < -0.4 is 10.6 Å². The van der Waals surface area contributed by atoms with Crippen molar-refractivity contribution in [3.63, 3.8) is 0 Å². The van der Waals surface area contributed by atoms with Gasteiger partial charge in [-0.2, -0.15) is 0 Å². The molecule has 1 saturated heterocycles. The number of aromatic nitrogens is 1. The first-order chi connectivity index (χ1) is 9.01. The monoisotopic (exact) mass is 278 g/mol. The van der Waals surface area contributed by atoms with Crippen LogP contribution in [0.4, 0.5) is 5.82 Å². The van der Waals surface area contributed by atoms with E-state index in [2.05, 4.69) is 28.8 Å². The molecule has 1 aromatic rings.